The summed E-state index contributed by atoms with van der Waals surface area (Å²) in [5.74, 6) is 0.0934. The van der Waals surface area contributed by atoms with E-state index >= 15 is 0 Å². The third-order valence-electron chi connectivity index (χ3n) is 1.70. The Morgan fingerprint density at radius 1 is 1.40 bits per heavy atom. The fraction of sp³-hybridized carbons (Fsp3) is 0.125. The molecule has 0 aliphatic carbocycles. The van der Waals surface area contributed by atoms with E-state index < -0.39 is 9.05 Å². The van der Waals surface area contributed by atoms with Crippen LogP contribution in [0.2, 0.25) is 5.02 Å². The number of nitriles is 1. The van der Waals surface area contributed by atoms with E-state index in [4.69, 9.17) is 39.1 Å². The van der Waals surface area contributed by atoms with Gasteiger partial charge in [0.15, 0.2) is 0 Å². The van der Waals surface area contributed by atoms with Crippen LogP contribution in [0, 0.1) is 11.3 Å². The fourth-order valence-electron chi connectivity index (χ4n) is 1.01. The van der Waals surface area contributed by atoms with Gasteiger partial charge in [-0.15, -0.1) is 11.6 Å². The van der Waals surface area contributed by atoms with Crippen LogP contribution in [-0.4, -0.2) is 8.42 Å². The topological polar surface area (TPSA) is 57.9 Å². The molecule has 0 saturated heterocycles. The molecule has 0 aliphatic heterocycles. The zero-order valence-electron chi connectivity index (χ0n) is 7.17. The van der Waals surface area contributed by atoms with Gasteiger partial charge in [-0.05, 0) is 11.6 Å². The molecule has 0 saturated carbocycles. The highest BCUT2D eigenvalue weighted by Gasteiger charge is 2.19. The van der Waals surface area contributed by atoms with E-state index in [1.807, 2.05) is 0 Å². The molecule has 0 N–H and O–H groups in total. The van der Waals surface area contributed by atoms with Crippen LogP contribution in [-0.2, 0) is 14.9 Å². The predicted octanol–water partition coefficient (Wildman–Crippen LogP) is 2.88. The van der Waals surface area contributed by atoms with Gasteiger partial charge in [0.05, 0.1) is 10.6 Å². The molecule has 0 fully saturated rings. The number of nitrogens with zero attached hydrogens (tertiary/aromatic N) is 1. The molecule has 0 heterocycles. The second-order valence-electron chi connectivity index (χ2n) is 2.60. The molecule has 1 aromatic rings. The lowest BCUT2D eigenvalue weighted by atomic mass is 10.1. The van der Waals surface area contributed by atoms with Crippen molar-refractivity contribution in [2.24, 2.45) is 0 Å². The molecule has 1 aromatic carbocycles. The molecule has 0 unspecified atom stereocenters. The highest BCUT2D eigenvalue weighted by Crippen LogP contribution is 2.29. The van der Waals surface area contributed by atoms with Gasteiger partial charge in [-0.1, -0.05) is 17.7 Å². The lowest BCUT2D eigenvalue weighted by Gasteiger charge is -2.05. The summed E-state index contributed by atoms with van der Waals surface area (Å²) in [4.78, 5) is -0.300. The molecule has 15 heavy (non-hydrogen) atoms. The molecule has 0 aliphatic rings. The molecule has 0 atom stereocenters. The van der Waals surface area contributed by atoms with Crippen LogP contribution in [0.1, 0.15) is 11.1 Å². The molecule has 1 rings (SSSR count). The Labute approximate surface area is 102 Å². The first-order chi connectivity index (χ1) is 6.91. The van der Waals surface area contributed by atoms with Crippen LogP contribution in [0.4, 0.5) is 0 Å². The number of rotatable bonds is 2. The first kappa shape index (κ1) is 12.6. The monoisotopic (exact) mass is 283 g/mol. The molecule has 3 nitrogen and oxygen atoms in total. The van der Waals surface area contributed by atoms with E-state index in [0.29, 0.717) is 5.56 Å². The van der Waals surface area contributed by atoms with Crippen LogP contribution in [0.25, 0.3) is 0 Å². The van der Waals surface area contributed by atoms with E-state index in [1.54, 1.807) is 6.07 Å². The Morgan fingerprint density at radius 3 is 2.40 bits per heavy atom. The zero-order chi connectivity index (χ0) is 11.6. The predicted molar refractivity (Wildman–Crippen MR) is 58.8 cm³/mol. The normalized spacial score (nSPS) is 11.1. The van der Waals surface area contributed by atoms with Gasteiger partial charge < -0.3 is 0 Å². The highest BCUT2D eigenvalue weighted by atomic mass is 35.7. The van der Waals surface area contributed by atoms with Crippen molar-refractivity contribution in [1.82, 2.24) is 0 Å². The van der Waals surface area contributed by atoms with E-state index in [1.165, 1.54) is 12.1 Å². The maximum Gasteiger partial charge on any atom is 0.262 e. The SMILES string of the molecule is N#Cc1c(S(=O)(=O)Cl)ccc(CCl)c1Cl. The van der Waals surface area contributed by atoms with Gasteiger partial charge in [-0.2, -0.15) is 5.26 Å². The van der Waals surface area contributed by atoms with Gasteiger partial charge in [0.25, 0.3) is 9.05 Å². The van der Waals surface area contributed by atoms with Crippen molar-refractivity contribution in [2.45, 2.75) is 10.8 Å². The zero-order valence-corrected chi connectivity index (χ0v) is 10.3. The number of benzene rings is 1. The first-order valence-electron chi connectivity index (χ1n) is 3.64. The lowest BCUT2D eigenvalue weighted by Crippen LogP contribution is -1.98. The van der Waals surface area contributed by atoms with Crippen LogP contribution in [0.3, 0.4) is 0 Å². The van der Waals surface area contributed by atoms with E-state index in [2.05, 4.69) is 0 Å². The Kier molecular flexibility index (Phi) is 3.85. The first-order valence-corrected chi connectivity index (χ1v) is 6.86. The Morgan fingerprint density at radius 2 is 2.00 bits per heavy atom. The number of halogens is 3. The van der Waals surface area contributed by atoms with Crippen molar-refractivity contribution in [3.05, 3.63) is 28.3 Å². The second-order valence-corrected chi connectivity index (χ2v) is 5.77. The van der Waals surface area contributed by atoms with Crippen molar-refractivity contribution in [3.63, 3.8) is 0 Å². The van der Waals surface area contributed by atoms with Gasteiger partial charge in [0.1, 0.15) is 11.0 Å². The van der Waals surface area contributed by atoms with Crippen LogP contribution >= 0.6 is 33.9 Å². The van der Waals surface area contributed by atoms with Crippen molar-refractivity contribution < 1.29 is 8.42 Å². The Hall–Kier alpha value is -0.470. The van der Waals surface area contributed by atoms with Crippen molar-refractivity contribution >= 4 is 42.9 Å². The van der Waals surface area contributed by atoms with Crippen molar-refractivity contribution in [3.8, 4) is 6.07 Å². The van der Waals surface area contributed by atoms with Gasteiger partial charge in [0, 0.05) is 16.6 Å². The van der Waals surface area contributed by atoms with Crippen molar-refractivity contribution in [2.75, 3.05) is 0 Å². The Balaban J connectivity index is 3.61. The number of hydrogen-bond acceptors (Lipinski definition) is 3. The molecule has 0 bridgehead atoms. The minimum absolute atomic E-state index is 0.0224. The Bertz CT molecular complexity index is 534. The largest absolute Gasteiger partial charge is 0.262 e. The molecule has 80 valence electrons. The van der Waals surface area contributed by atoms with Gasteiger partial charge >= 0.3 is 0 Å². The van der Waals surface area contributed by atoms with Gasteiger partial charge in [-0.25, -0.2) is 8.42 Å². The molecular weight excluding hydrogens is 281 g/mol. The lowest BCUT2D eigenvalue weighted by molar-refractivity contribution is 0.609. The van der Waals surface area contributed by atoms with E-state index in [-0.39, 0.29) is 21.4 Å². The smallest absolute Gasteiger partial charge is 0.207 e. The quantitative estimate of drug-likeness (QED) is 0.620. The maximum atomic E-state index is 11.1. The summed E-state index contributed by atoms with van der Waals surface area (Å²) in [6.45, 7) is 0. The minimum Gasteiger partial charge on any atom is -0.207 e. The molecular formula is C8H4Cl3NO2S. The number of alkyl halides is 1. The van der Waals surface area contributed by atoms with Gasteiger partial charge in [0.2, 0.25) is 0 Å². The molecule has 0 radical (unpaired) electrons. The van der Waals surface area contributed by atoms with Crippen molar-refractivity contribution in [1.29, 1.82) is 5.26 Å². The summed E-state index contributed by atoms with van der Waals surface area (Å²) in [6.07, 6.45) is 0. The molecule has 0 amide bonds. The van der Waals surface area contributed by atoms with Crippen LogP contribution < -0.4 is 0 Å². The third-order valence-corrected chi connectivity index (χ3v) is 3.79. The van der Waals surface area contributed by atoms with E-state index in [0.717, 1.165) is 0 Å². The highest BCUT2D eigenvalue weighted by molar-refractivity contribution is 8.13. The second kappa shape index (κ2) is 4.58. The summed E-state index contributed by atoms with van der Waals surface area (Å²) in [6, 6.07) is 4.33. The summed E-state index contributed by atoms with van der Waals surface area (Å²) in [5.41, 5.74) is 0.309. The summed E-state index contributed by atoms with van der Waals surface area (Å²) >= 11 is 11.3. The summed E-state index contributed by atoms with van der Waals surface area (Å²) in [5, 5.41) is 8.80. The fourth-order valence-corrected chi connectivity index (χ4v) is 2.64. The third kappa shape index (κ3) is 2.56. The van der Waals surface area contributed by atoms with Gasteiger partial charge in [-0.3, -0.25) is 0 Å². The van der Waals surface area contributed by atoms with Crippen LogP contribution in [0.15, 0.2) is 17.0 Å². The number of hydrogen-bond donors (Lipinski definition) is 0. The molecule has 0 aromatic heterocycles. The molecule has 7 heteroatoms. The van der Waals surface area contributed by atoms with E-state index in [9.17, 15) is 8.42 Å². The average molecular weight is 285 g/mol. The summed E-state index contributed by atoms with van der Waals surface area (Å²) < 4.78 is 22.2. The standard InChI is InChI=1S/C8H4Cl3NO2S/c9-3-5-1-2-7(15(11,13)14)6(4-12)8(5)10/h1-2H,3H2. The maximum absolute atomic E-state index is 11.1. The minimum atomic E-state index is -3.97. The van der Waals surface area contributed by atoms with Crippen LogP contribution in [0.5, 0.6) is 0 Å². The molecule has 0 spiro atoms. The summed E-state index contributed by atoms with van der Waals surface area (Å²) in [7, 11) is 1.17. The average Bonchev–Trinajstić information content (AvgIpc) is 2.15.